The van der Waals surface area contributed by atoms with Gasteiger partial charge in [-0.2, -0.15) is 5.26 Å². The second-order valence-corrected chi connectivity index (χ2v) is 4.78. The standard InChI is InChI=1S/C11H18N2O/c1-8-5-11(7-12,6-9(2)14-8)13-10-3-4-10/h8-10,13H,3-6H2,1-2H3. The lowest BCUT2D eigenvalue weighted by molar-refractivity contribution is -0.0566. The topological polar surface area (TPSA) is 45.0 Å². The van der Waals surface area contributed by atoms with Gasteiger partial charge in [-0.15, -0.1) is 0 Å². The monoisotopic (exact) mass is 194 g/mol. The van der Waals surface area contributed by atoms with Crippen molar-refractivity contribution in [2.75, 3.05) is 0 Å². The van der Waals surface area contributed by atoms with Crippen molar-refractivity contribution < 1.29 is 4.74 Å². The largest absolute Gasteiger partial charge is 0.375 e. The van der Waals surface area contributed by atoms with Gasteiger partial charge in [0.25, 0.3) is 0 Å². The smallest absolute Gasteiger partial charge is 0.111 e. The van der Waals surface area contributed by atoms with Gasteiger partial charge in [0.2, 0.25) is 0 Å². The quantitative estimate of drug-likeness (QED) is 0.726. The first-order valence-corrected chi connectivity index (χ1v) is 5.48. The van der Waals surface area contributed by atoms with E-state index in [0.717, 1.165) is 12.8 Å². The van der Waals surface area contributed by atoms with Gasteiger partial charge < -0.3 is 4.74 Å². The molecule has 0 bridgehead atoms. The predicted molar refractivity (Wildman–Crippen MR) is 53.7 cm³/mol. The fraction of sp³-hybridized carbons (Fsp3) is 0.909. The van der Waals surface area contributed by atoms with E-state index in [4.69, 9.17) is 4.74 Å². The zero-order chi connectivity index (χ0) is 10.2. The minimum atomic E-state index is -0.321. The predicted octanol–water partition coefficient (Wildman–Crippen LogP) is 1.59. The van der Waals surface area contributed by atoms with Crippen LogP contribution in [0.4, 0.5) is 0 Å². The van der Waals surface area contributed by atoms with Gasteiger partial charge in [0.15, 0.2) is 0 Å². The molecule has 1 aliphatic carbocycles. The summed E-state index contributed by atoms with van der Waals surface area (Å²) in [6.07, 6.45) is 4.50. The number of nitrogens with zero attached hydrogens (tertiary/aromatic N) is 1. The average molecular weight is 194 g/mol. The van der Waals surface area contributed by atoms with Crippen LogP contribution in [-0.4, -0.2) is 23.8 Å². The minimum Gasteiger partial charge on any atom is -0.375 e. The first-order chi connectivity index (χ1) is 6.63. The average Bonchev–Trinajstić information content (AvgIpc) is 2.86. The van der Waals surface area contributed by atoms with Crippen molar-refractivity contribution in [1.29, 1.82) is 5.26 Å². The van der Waals surface area contributed by atoms with Crippen LogP contribution in [0.15, 0.2) is 0 Å². The van der Waals surface area contributed by atoms with E-state index in [1.807, 2.05) is 0 Å². The van der Waals surface area contributed by atoms with Crippen LogP contribution in [-0.2, 0) is 4.74 Å². The molecule has 1 heterocycles. The number of nitrogens with one attached hydrogen (secondary N) is 1. The Hall–Kier alpha value is -0.590. The van der Waals surface area contributed by atoms with E-state index in [1.54, 1.807) is 0 Å². The molecule has 2 fully saturated rings. The fourth-order valence-corrected chi connectivity index (χ4v) is 2.42. The van der Waals surface area contributed by atoms with Crippen molar-refractivity contribution in [2.24, 2.45) is 0 Å². The molecule has 1 aliphatic heterocycles. The van der Waals surface area contributed by atoms with Gasteiger partial charge in [0.05, 0.1) is 18.3 Å². The third-order valence-electron chi connectivity index (χ3n) is 3.01. The molecule has 1 N–H and O–H groups in total. The number of hydrogen-bond donors (Lipinski definition) is 1. The van der Waals surface area contributed by atoms with Crippen molar-refractivity contribution in [3.63, 3.8) is 0 Å². The van der Waals surface area contributed by atoms with Crippen molar-refractivity contribution in [2.45, 2.75) is 63.3 Å². The molecular formula is C11H18N2O. The second-order valence-electron chi connectivity index (χ2n) is 4.78. The summed E-state index contributed by atoms with van der Waals surface area (Å²) in [7, 11) is 0. The van der Waals surface area contributed by atoms with Gasteiger partial charge in [0.1, 0.15) is 5.54 Å². The highest BCUT2D eigenvalue weighted by molar-refractivity contribution is 5.13. The van der Waals surface area contributed by atoms with Crippen LogP contribution < -0.4 is 5.32 Å². The Morgan fingerprint density at radius 3 is 2.29 bits per heavy atom. The van der Waals surface area contributed by atoms with Crippen LogP contribution in [0, 0.1) is 11.3 Å². The van der Waals surface area contributed by atoms with Crippen LogP contribution in [0.5, 0.6) is 0 Å². The summed E-state index contributed by atoms with van der Waals surface area (Å²) in [5.41, 5.74) is -0.321. The lowest BCUT2D eigenvalue weighted by Crippen LogP contribution is -2.53. The van der Waals surface area contributed by atoms with E-state index < -0.39 is 0 Å². The molecule has 0 spiro atoms. The molecule has 0 amide bonds. The van der Waals surface area contributed by atoms with Gasteiger partial charge in [-0.05, 0) is 26.7 Å². The lowest BCUT2D eigenvalue weighted by atomic mass is 9.85. The Kier molecular flexibility index (Phi) is 2.50. The molecule has 2 aliphatic rings. The van der Waals surface area contributed by atoms with Crippen LogP contribution in [0.2, 0.25) is 0 Å². The SMILES string of the molecule is CC1CC(C#N)(NC2CC2)CC(C)O1. The zero-order valence-electron chi connectivity index (χ0n) is 8.92. The van der Waals surface area contributed by atoms with Gasteiger partial charge in [0, 0.05) is 18.9 Å². The molecule has 3 nitrogen and oxygen atoms in total. The maximum Gasteiger partial charge on any atom is 0.111 e. The molecule has 2 rings (SSSR count). The lowest BCUT2D eigenvalue weighted by Gasteiger charge is -2.38. The molecule has 14 heavy (non-hydrogen) atoms. The number of hydrogen-bond acceptors (Lipinski definition) is 3. The van der Waals surface area contributed by atoms with Crippen molar-refractivity contribution >= 4 is 0 Å². The first kappa shape index (κ1) is 9.95. The molecule has 2 atom stereocenters. The maximum absolute atomic E-state index is 9.29. The Morgan fingerprint density at radius 2 is 1.86 bits per heavy atom. The summed E-state index contributed by atoms with van der Waals surface area (Å²) in [5, 5.41) is 12.8. The Labute approximate surface area is 85.4 Å². The first-order valence-electron chi connectivity index (χ1n) is 5.48. The molecular weight excluding hydrogens is 176 g/mol. The Bertz CT molecular complexity index is 239. The van der Waals surface area contributed by atoms with Crippen LogP contribution in [0.25, 0.3) is 0 Å². The zero-order valence-corrected chi connectivity index (χ0v) is 8.92. The molecule has 2 unspecified atom stereocenters. The Morgan fingerprint density at radius 1 is 1.29 bits per heavy atom. The third kappa shape index (κ3) is 2.08. The van der Waals surface area contributed by atoms with E-state index in [-0.39, 0.29) is 17.7 Å². The minimum absolute atomic E-state index is 0.199. The highest BCUT2D eigenvalue weighted by atomic mass is 16.5. The summed E-state index contributed by atoms with van der Waals surface area (Å²) in [6, 6.07) is 3.05. The second kappa shape index (κ2) is 3.52. The summed E-state index contributed by atoms with van der Waals surface area (Å²) in [4.78, 5) is 0. The summed E-state index contributed by atoms with van der Waals surface area (Å²) < 4.78 is 5.65. The summed E-state index contributed by atoms with van der Waals surface area (Å²) >= 11 is 0. The van der Waals surface area contributed by atoms with Crippen molar-refractivity contribution in [1.82, 2.24) is 5.32 Å². The number of nitriles is 1. The van der Waals surface area contributed by atoms with Gasteiger partial charge in [-0.1, -0.05) is 0 Å². The van der Waals surface area contributed by atoms with E-state index in [2.05, 4.69) is 25.2 Å². The highest BCUT2D eigenvalue weighted by Crippen LogP contribution is 2.32. The summed E-state index contributed by atoms with van der Waals surface area (Å²) in [5.74, 6) is 0. The van der Waals surface area contributed by atoms with E-state index >= 15 is 0 Å². The van der Waals surface area contributed by atoms with Gasteiger partial charge in [-0.3, -0.25) is 5.32 Å². The molecule has 1 saturated carbocycles. The molecule has 0 aromatic carbocycles. The molecule has 0 aromatic heterocycles. The van der Waals surface area contributed by atoms with E-state index in [9.17, 15) is 5.26 Å². The van der Waals surface area contributed by atoms with E-state index in [1.165, 1.54) is 12.8 Å². The van der Waals surface area contributed by atoms with Gasteiger partial charge in [-0.25, -0.2) is 0 Å². The summed E-state index contributed by atoms with van der Waals surface area (Å²) in [6.45, 7) is 4.10. The third-order valence-corrected chi connectivity index (χ3v) is 3.01. The van der Waals surface area contributed by atoms with Crippen LogP contribution in [0.1, 0.15) is 39.5 Å². The van der Waals surface area contributed by atoms with Gasteiger partial charge >= 0.3 is 0 Å². The highest BCUT2D eigenvalue weighted by Gasteiger charge is 2.42. The van der Waals surface area contributed by atoms with Crippen LogP contribution >= 0.6 is 0 Å². The molecule has 78 valence electrons. The number of ether oxygens (including phenoxy) is 1. The van der Waals surface area contributed by atoms with Crippen molar-refractivity contribution in [3.05, 3.63) is 0 Å². The number of rotatable bonds is 2. The maximum atomic E-state index is 9.29. The van der Waals surface area contributed by atoms with Crippen molar-refractivity contribution in [3.8, 4) is 6.07 Å². The normalized spacial score (nSPS) is 43.2. The molecule has 3 heteroatoms. The molecule has 0 radical (unpaired) electrons. The Balaban J connectivity index is 2.05. The molecule has 1 saturated heterocycles. The fourth-order valence-electron chi connectivity index (χ4n) is 2.42. The molecule has 0 aromatic rings. The van der Waals surface area contributed by atoms with Crippen LogP contribution in [0.3, 0.4) is 0 Å². The van der Waals surface area contributed by atoms with E-state index in [0.29, 0.717) is 6.04 Å².